The fourth-order valence-electron chi connectivity index (χ4n) is 2.81. The van der Waals surface area contributed by atoms with E-state index in [-0.39, 0.29) is 9.92 Å². The lowest BCUT2D eigenvalue weighted by Crippen LogP contribution is -2.19. The molecule has 0 fully saturated rings. The zero-order valence-electron chi connectivity index (χ0n) is 14.8. The predicted molar refractivity (Wildman–Crippen MR) is 103 cm³/mol. The molecule has 0 saturated heterocycles. The van der Waals surface area contributed by atoms with Crippen LogP contribution >= 0.6 is 11.6 Å². The van der Waals surface area contributed by atoms with Crippen molar-refractivity contribution in [2.24, 2.45) is 0 Å². The van der Waals surface area contributed by atoms with Crippen LogP contribution in [0.1, 0.15) is 16.4 Å². The topological polar surface area (TPSA) is 96.4 Å². The Bertz CT molecular complexity index is 1220. The summed E-state index contributed by atoms with van der Waals surface area (Å²) in [6.07, 6.45) is -0.948. The molecule has 3 rings (SSSR count). The Labute approximate surface area is 173 Å². The van der Waals surface area contributed by atoms with E-state index in [0.29, 0.717) is 18.3 Å². The molecular formula is C19H12ClF3N2O4S. The van der Waals surface area contributed by atoms with Gasteiger partial charge in [0.15, 0.2) is 9.84 Å². The molecule has 0 aliphatic heterocycles. The molecule has 2 N–H and O–H groups in total. The third-order valence-electron chi connectivity index (χ3n) is 4.10. The molecular weight excluding hydrogens is 445 g/mol. The third-order valence-corrected chi connectivity index (χ3v) is 6.41. The number of aromatic nitrogens is 1. The molecule has 11 heteroatoms. The Morgan fingerprint density at radius 1 is 1.00 bits per heavy atom. The number of nitrogens with zero attached hydrogens (tertiary/aromatic N) is 1. The first kappa shape index (κ1) is 21.6. The van der Waals surface area contributed by atoms with Gasteiger partial charge in [0, 0.05) is 16.1 Å². The second-order valence-corrected chi connectivity index (χ2v) is 8.54. The fourth-order valence-corrected chi connectivity index (χ4v) is 4.75. The van der Waals surface area contributed by atoms with Gasteiger partial charge >= 0.3 is 6.09 Å². The van der Waals surface area contributed by atoms with E-state index in [1.807, 2.05) is 5.32 Å². The summed E-state index contributed by atoms with van der Waals surface area (Å²) in [5.41, 5.74) is -1.27. The number of halogens is 4. The molecule has 0 bridgehead atoms. The smallest absolute Gasteiger partial charge is 0.410 e. The molecule has 0 aliphatic rings. The molecule has 0 spiro atoms. The number of amides is 1. The highest BCUT2D eigenvalue weighted by molar-refractivity contribution is 7.91. The van der Waals surface area contributed by atoms with E-state index in [1.54, 1.807) is 0 Å². The number of benzene rings is 2. The highest BCUT2D eigenvalue weighted by Gasteiger charge is 2.35. The van der Waals surface area contributed by atoms with Crippen LogP contribution in [0.2, 0.25) is 5.02 Å². The first-order valence-electron chi connectivity index (χ1n) is 8.19. The lowest BCUT2D eigenvalue weighted by atomic mass is 10.0. The van der Waals surface area contributed by atoms with Crippen molar-refractivity contribution in [3.05, 3.63) is 88.3 Å². The standard InChI is InChI=1S/C19H12ClF3N2O4S/c20-10-1-4-12(5-2-10)30(28,29)18(13-7-11(21)3-6-15(13)22)14-8-17(25-19(26)27)24-9-16(14)23/h1-9,18H,(H,24,25)(H,26,27). The Morgan fingerprint density at radius 3 is 2.27 bits per heavy atom. The van der Waals surface area contributed by atoms with E-state index in [0.717, 1.165) is 24.3 Å². The largest absolute Gasteiger partial charge is 0.465 e. The van der Waals surface area contributed by atoms with Gasteiger partial charge in [-0.25, -0.2) is 31.4 Å². The first-order valence-corrected chi connectivity index (χ1v) is 10.1. The number of anilines is 1. The number of nitrogens with one attached hydrogen (secondary N) is 1. The van der Waals surface area contributed by atoms with E-state index >= 15 is 0 Å². The van der Waals surface area contributed by atoms with Crippen LogP contribution in [0.5, 0.6) is 0 Å². The summed E-state index contributed by atoms with van der Waals surface area (Å²) in [7, 11) is -4.54. The predicted octanol–water partition coefficient (Wildman–Crippen LogP) is 4.81. The number of hydrogen-bond acceptors (Lipinski definition) is 4. The molecule has 1 unspecified atom stereocenters. The highest BCUT2D eigenvalue weighted by atomic mass is 35.5. The van der Waals surface area contributed by atoms with Gasteiger partial charge in [0.25, 0.3) is 0 Å². The van der Waals surface area contributed by atoms with Crippen LogP contribution in [-0.4, -0.2) is 24.6 Å². The minimum absolute atomic E-state index is 0.227. The maximum Gasteiger partial charge on any atom is 0.410 e. The average molecular weight is 457 g/mol. The summed E-state index contributed by atoms with van der Waals surface area (Å²) in [5, 5.41) is 8.90. The van der Waals surface area contributed by atoms with Gasteiger partial charge in [0.1, 0.15) is 28.5 Å². The second-order valence-electron chi connectivity index (χ2n) is 6.07. The van der Waals surface area contributed by atoms with Crippen molar-refractivity contribution in [1.82, 2.24) is 4.98 Å². The van der Waals surface area contributed by atoms with Gasteiger partial charge in [-0.15, -0.1) is 0 Å². The SMILES string of the molecule is O=C(O)Nc1cc(C(c2cc(F)ccc2F)S(=O)(=O)c2ccc(Cl)cc2)c(F)cn1. The van der Waals surface area contributed by atoms with Gasteiger partial charge in [-0.3, -0.25) is 5.32 Å². The van der Waals surface area contributed by atoms with E-state index < -0.39 is 55.6 Å². The number of pyridine rings is 1. The Balaban J connectivity index is 2.30. The molecule has 0 radical (unpaired) electrons. The van der Waals surface area contributed by atoms with Gasteiger partial charge < -0.3 is 5.11 Å². The summed E-state index contributed by atoms with van der Waals surface area (Å²) < 4.78 is 69.7. The molecule has 1 atom stereocenters. The number of carboxylic acid groups (broad SMARTS) is 1. The zero-order valence-corrected chi connectivity index (χ0v) is 16.4. The number of carbonyl (C=O) groups is 1. The summed E-state index contributed by atoms with van der Waals surface area (Å²) in [4.78, 5) is 14.1. The second kappa shape index (κ2) is 8.33. The number of hydrogen-bond donors (Lipinski definition) is 2. The molecule has 1 heterocycles. The van der Waals surface area contributed by atoms with Gasteiger partial charge in [-0.1, -0.05) is 11.6 Å². The lowest BCUT2D eigenvalue weighted by Gasteiger charge is -2.20. The third kappa shape index (κ3) is 4.39. The Morgan fingerprint density at radius 2 is 1.63 bits per heavy atom. The zero-order chi connectivity index (χ0) is 22.1. The minimum atomic E-state index is -4.54. The average Bonchev–Trinajstić information content (AvgIpc) is 2.67. The van der Waals surface area contributed by atoms with Crippen LogP contribution in [0.25, 0.3) is 0 Å². The molecule has 0 aliphatic carbocycles. The quantitative estimate of drug-likeness (QED) is 0.574. The summed E-state index contributed by atoms with van der Waals surface area (Å²) in [6.45, 7) is 0. The van der Waals surface area contributed by atoms with Crippen LogP contribution in [0, 0.1) is 17.5 Å². The Kier molecular flexibility index (Phi) is 5.99. The van der Waals surface area contributed by atoms with Crippen LogP contribution in [0.15, 0.2) is 59.6 Å². The fraction of sp³-hybridized carbons (Fsp3) is 0.0526. The van der Waals surface area contributed by atoms with Crippen molar-refractivity contribution in [1.29, 1.82) is 0 Å². The lowest BCUT2D eigenvalue weighted by molar-refractivity contribution is 0.209. The van der Waals surface area contributed by atoms with Crippen molar-refractivity contribution in [2.45, 2.75) is 10.1 Å². The van der Waals surface area contributed by atoms with E-state index in [1.165, 1.54) is 12.1 Å². The molecule has 1 aromatic heterocycles. The van der Waals surface area contributed by atoms with Gasteiger partial charge in [0.2, 0.25) is 0 Å². The minimum Gasteiger partial charge on any atom is -0.465 e. The van der Waals surface area contributed by atoms with Gasteiger partial charge in [0.05, 0.1) is 11.1 Å². The van der Waals surface area contributed by atoms with Crippen molar-refractivity contribution in [3.63, 3.8) is 0 Å². The molecule has 30 heavy (non-hydrogen) atoms. The number of sulfone groups is 1. The molecule has 1 amide bonds. The molecule has 6 nitrogen and oxygen atoms in total. The van der Waals surface area contributed by atoms with Crippen LogP contribution in [0.4, 0.5) is 23.8 Å². The van der Waals surface area contributed by atoms with E-state index in [9.17, 15) is 26.4 Å². The summed E-state index contributed by atoms with van der Waals surface area (Å²) in [5.74, 6) is -3.59. The normalized spacial score (nSPS) is 12.4. The maximum atomic E-state index is 14.6. The van der Waals surface area contributed by atoms with E-state index in [4.69, 9.17) is 16.7 Å². The molecule has 2 aromatic carbocycles. The van der Waals surface area contributed by atoms with Crippen LogP contribution in [-0.2, 0) is 9.84 Å². The number of rotatable bonds is 5. The summed E-state index contributed by atoms with van der Waals surface area (Å²) in [6, 6.07) is 7.76. The van der Waals surface area contributed by atoms with Crippen LogP contribution < -0.4 is 5.32 Å². The van der Waals surface area contributed by atoms with Gasteiger partial charge in [-0.2, -0.15) is 0 Å². The van der Waals surface area contributed by atoms with Crippen molar-refractivity contribution in [3.8, 4) is 0 Å². The molecule has 156 valence electrons. The van der Waals surface area contributed by atoms with E-state index in [2.05, 4.69) is 4.98 Å². The van der Waals surface area contributed by atoms with Crippen LogP contribution in [0.3, 0.4) is 0 Å². The summed E-state index contributed by atoms with van der Waals surface area (Å²) >= 11 is 5.78. The monoisotopic (exact) mass is 456 g/mol. The highest BCUT2D eigenvalue weighted by Crippen LogP contribution is 2.38. The molecule has 0 saturated carbocycles. The van der Waals surface area contributed by atoms with Gasteiger partial charge in [-0.05, 0) is 48.5 Å². The Hall–Kier alpha value is -3.11. The first-order chi connectivity index (χ1) is 14.1. The van der Waals surface area contributed by atoms with Crippen molar-refractivity contribution >= 4 is 33.3 Å². The molecule has 3 aromatic rings. The van der Waals surface area contributed by atoms with Crippen molar-refractivity contribution < 1.29 is 31.5 Å². The maximum absolute atomic E-state index is 14.6. The van der Waals surface area contributed by atoms with Crippen molar-refractivity contribution in [2.75, 3.05) is 5.32 Å².